The van der Waals surface area contributed by atoms with E-state index in [1.807, 2.05) is 61.0 Å². The molecule has 4 rings (SSSR count). The lowest BCUT2D eigenvalue weighted by Crippen LogP contribution is -2.14. The zero-order valence-corrected chi connectivity index (χ0v) is 20.5. The van der Waals surface area contributed by atoms with Gasteiger partial charge in [-0.2, -0.15) is 10.2 Å². The third-order valence-corrected chi connectivity index (χ3v) is 6.85. The fourth-order valence-corrected chi connectivity index (χ4v) is 4.03. The van der Waals surface area contributed by atoms with Crippen molar-refractivity contribution in [1.82, 2.24) is 19.6 Å². The second kappa shape index (κ2) is 9.48. The molecule has 0 bridgehead atoms. The summed E-state index contributed by atoms with van der Waals surface area (Å²) in [6.07, 6.45) is 1.66. The summed E-state index contributed by atoms with van der Waals surface area (Å²) in [7, 11) is 0. The Balaban J connectivity index is 1.48. The normalized spacial score (nSPS) is 11.0. The summed E-state index contributed by atoms with van der Waals surface area (Å²) in [6, 6.07) is 14.9. The first kappa shape index (κ1) is 22.6. The van der Waals surface area contributed by atoms with Crippen molar-refractivity contribution in [3.05, 3.63) is 97.3 Å². The van der Waals surface area contributed by atoms with Crippen molar-refractivity contribution in [3.8, 4) is 0 Å². The van der Waals surface area contributed by atoms with Gasteiger partial charge in [-0.1, -0.05) is 53.5 Å². The van der Waals surface area contributed by atoms with E-state index in [0.717, 1.165) is 27.0 Å². The van der Waals surface area contributed by atoms with Crippen LogP contribution < -0.4 is 5.32 Å². The van der Waals surface area contributed by atoms with Gasteiger partial charge in [-0.05, 0) is 59.1 Å². The van der Waals surface area contributed by atoms with E-state index in [1.54, 1.807) is 16.9 Å². The Bertz CT molecular complexity index is 1300. The summed E-state index contributed by atoms with van der Waals surface area (Å²) < 4.78 is 4.55. The standard InChI is InChI=1S/C23H20BrCl2N5O/c1-14-21(24)15(2)31(28-14)11-16-6-5-8-17(10-16)23(32)27-22-20(26)13-30(29-22)12-18-7-3-4-9-19(18)25/h3-10,13H,11-12H2,1-2H3,(H,27,29,32). The van der Waals surface area contributed by atoms with E-state index in [-0.39, 0.29) is 5.91 Å². The number of aromatic nitrogens is 4. The van der Waals surface area contributed by atoms with Gasteiger partial charge in [0.1, 0.15) is 5.02 Å². The molecule has 2 aromatic carbocycles. The zero-order chi connectivity index (χ0) is 22.8. The molecule has 0 aliphatic heterocycles. The lowest BCUT2D eigenvalue weighted by molar-refractivity contribution is 0.102. The predicted molar refractivity (Wildman–Crippen MR) is 131 cm³/mol. The van der Waals surface area contributed by atoms with E-state index in [0.29, 0.717) is 34.5 Å². The van der Waals surface area contributed by atoms with E-state index in [2.05, 4.69) is 31.4 Å². The van der Waals surface area contributed by atoms with Crippen molar-refractivity contribution in [2.24, 2.45) is 0 Å². The van der Waals surface area contributed by atoms with Crippen LogP contribution in [-0.4, -0.2) is 25.5 Å². The number of nitrogens with zero attached hydrogens (tertiary/aromatic N) is 4. The van der Waals surface area contributed by atoms with Crippen LogP contribution in [0.3, 0.4) is 0 Å². The molecule has 1 amide bonds. The number of aryl methyl sites for hydroxylation is 1. The maximum atomic E-state index is 12.8. The summed E-state index contributed by atoms with van der Waals surface area (Å²) in [5, 5.41) is 12.7. The lowest BCUT2D eigenvalue weighted by Gasteiger charge is -2.08. The number of nitrogens with one attached hydrogen (secondary N) is 1. The molecule has 0 unspecified atom stereocenters. The SMILES string of the molecule is Cc1nn(Cc2cccc(C(=O)Nc3nn(Cc4ccccc4Cl)cc3Cl)c2)c(C)c1Br. The molecule has 32 heavy (non-hydrogen) atoms. The Labute approximate surface area is 204 Å². The first-order valence-electron chi connectivity index (χ1n) is 9.88. The quantitative estimate of drug-likeness (QED) is 0.325. The third kappa shape index (κ3) is 4.90. The minimum Gasteiger partial charge on any atom is -0.304 e. The molecule has 4 aromatic rings. The minimum absolute atomic E-state index is 0.286. The number of benzene rings is 2. The van der Waals surface area contributed by atoms with Gasteiger partial charge in [-0.25, -0.2) is 0 Å². The molecule has 2 aromatic heterocycles. The predicted octanol–water partition coefficient (Wildman–Crippen LogP) is 6.11. The van der Waals surface area contributed by atoms with Gasteiger partial charge >= 0.3 is 0 Å². The Morgan fingerprint density at radius 3 is 2.53 bits per heavy atom. The Morgan fingerprint density at radius 1 is 1.03 bits per heavy atom. The first-order valence-corrected chi connectivity index (χ1v) is 11.4. The average molecular weight is 533 g/mol. The Hall–Kier alpha value is -2.61. The molecule has 0 atom stereocenters. The molecule has 6 nitrogen and oxygen atoms in total. The number of hydrogen-bond donors (Lipinski definition) is 1. The van der Waals surface area contributed by atoms with Crippen LogP contribution in [0.4, 0.5) is 5.82 Å². The van der Waals surface area contributed by atoms with Crippen molar-refractivity contribution >= 4 is 50.9 Å². The van der Waals surface area contributed by atoms with Gasteiger partial charge in [0.2, 0.25) is 0 Å². The fourth-order valence-electron chi connectivity index (χ4n) is 3.36. The number of carbonyl (C=O) groups is 1. The van der Waals surface area contributed by atoms with E-state index < -0.39 is 0 Å². The number of anilines is 1. The monoisotopic (exact) mass is 531 g/mol. The number of halogens is 3. The number of hydrogen-bond acceptors (Lipinski definition) is 3. The third-order valence-electron chi connectivity index (χ3n) is 5.05. The van der Waals surface area contributed by atoms with Crippen LogP contribution in [0, 0.1) is 13.8 Å². The fraction of sp³-hybridized carbons (Fsp3) is 0.174. The topological polar surface area (TPSA) is 64.7 Å². The van der Waals surface area contributed by atoms with Crippen LogP contribution in [0.2, 0.25) is 10.0 Å². The van der Waals surface area contributed by atoms with Crippen molar-refractivity contribution in [3.63, 3.8) is 0 Å². The minimum atomic E-state index is -0.286. The lowest BCUT2D eigenvalue weighted by atomic mass is 10.1. The molecule has 0 aliphatic rings. The van der Waals surface area contributed by atoms with Crippen LogP contribution in [0.1, 0.15) is 32.9 Å². The Morgan fingerprint density at radius 2 is 1.81 bits per heavy atom. The zero-order valence-electron chi connectivity index (χ0n) is 17.4. The van der Waals surface area contributed by atoms with Gasteiger partial charge in [0, 0.05) is 16.8 Å². The maximum absolute atomic E-state index is 12.8. The van der Waals surface area contributed by atoms with Crippen LogP contribution in [0.25, 0.3) is 0 Å². The van der Waals surface area contributed by atoms with E-state index >= 15 is 0 Å². The van der Waals surface area contributed by atoms with Crippen LogP contribution in [-0.2, 0) is 13.1 Å². The first-order chi connectivity index (χ1) is 15.3. The molecule has 0 spiro atoms. The summed E-state index contributed by atoms with van der Waals surface area (Å²) >= 11 is 16.1. The number of carbonyl (C=O) groups excluding carboxylic acids is 1. The second-order valence-electron chi connectivity index (χ2n) is 7.41. The van der Waals surface area contributed by atoms with E-state index in [1.165, 1.54) is 0 Å². The number of amides is 1. The van der Waals surface area contributed by atoms with Crippen LogP contribution in [0.5, 0.6) is 0 Å². The average Bonchev–Trinajstić information content (AvgIpc) is 3.23. The molecule has 0 radical (unpaired) electrons. The van der Waals surface area contributed by atoms with Gasteiger partial charge in [-0.15, -0.1) is 0 Å². The second-order valence-corrected chi connectivity index (χ2v) is 9.02. The largest absolute Gasteiger partial charge is 0.304 e. The summed E-state index contributed by atoms with van der Waals surface area (Å²) in [4.78, 5) is 12.8. The molecule has 2 heterocycles. The van der Waals surface area contributed by atoms with Crippen molar-refractivity contribution < 1.29 is 4.79 Å². The molecular weight excluding hydrogens is 513 g/mol. The van der Waals surface area contributed by atoms with Gasteiger partial charge in [0.15, 0.2) is 5.82 Å². The van der Waals surface area contributed by atoms with Gasteiger partial charge in [0.05, 0.1) is 29.0 Å². The molecule has 164 valence electrons. The molecule has 9 heteroatoms. The molecule has 1 N–H and O–H groups in total. The van der Waals surface area contributed by atoms with Crippen LogP contribution >= 0.6 is 39.1 Å². The summed E-state index contributed by atoms with van der Waals surface area (Å²) in [6.45, 7) is 4.96. The maximum Gasteiger partial charge on any atom is 0.256 e. The van der Waals surface area contributed by atoms with E-state index in [4.69, 9.17) is 23.2 Å². The van der Waals surface area contributed by atoms with Gasteiger partial charge < -0.3 is 5.32 Å². The highest BCUT2D eigenvalue weighted by Crippen LogP contribution is 2.23. The molecule has 0 aliphatic carbocycles. The highest BCUT2D eigenvalue weighted by molar-refractivity contribution is 9.10. The van der Waals surface area contributed by atoms with E-state index in [9.17, 15) is 4.79 Å². The molecular formula is C23H20BrCl2N5O. The molecule has 0 saturated heterocycles. The highest BCUT2D eigenvalue weighted by Gasteiger charge is 2.14. The number of rotatable bonds is 6. The summed E-state index contributed by atoms with van der Waals surface area (Å²) in [5.41, 5.74) is 4.35. The Kier molecular flexibility index (Phi) is 6.69. The van der Waals surface area contributed by atoms with Crippen molar-refractivity contribution in [2.75, 3.05) is 5.32 Å². The van der Waals surface area contributed by atoms with Crippen molar-refractivity contribution in [1.29, 1.82) is 0 Å². The summed E-state index contributed by atoms with van der Waals surface area (Å²) in [5.74, 6) is 0.0166. The highest BCUT2D eigenvalue weighted by atomic mass is 79.9. The smallest absolute Gasteiger partial charge is 0.256 e. The van der Waals surface area contributed by atoms with Crippen molar-refractivity contribution in [2.45, 2.75) is 26.9 Å². The van der Waals surface area contributed by atoms with Crippen LogP contribution in [0.15, 0.2) is 59.2 Å². The molecule has 0 fully saturated rings. The van der Waals surface area contributed by atoms with Gasteiger partial charge in [0.25, 0.3) is 5.91 Å². The molecule has 0 saturated carbocycles. The van der Waals surface area contributed by atoms with Gasteiger partial charge in [-0.3, -0.25) is 14.2 Å².